The highest BCUT2D eigenvalue weighted by Crippen LogP contribution is 2.33. The van der Waals surface area contributed by atoms with Gasteiger partial charge in [-0.05, 0) is 13.0 Å². The molecule has 1 aliphatic rings. The van der Waals surface area contributed by atoms with Gasteiger partial charge in [-0.1, -0.05) is 13.8 Å². The molecule has 2 atom stereocenters. The molecule has 0 radical (unpaired) electrons. The summed E-state index contributed by atoms with van der Waals surface area (Å²) in [5.74, 6) is -1.45. The molecule has 0 aromatic rings. The quantitative estimate of drug-likeness (QED) is 0.605. The monoisotopic (exact) mass is 310 g/mol. The molecule has 20 heavy (non-hydrogen) atoms. The minimum absolute atomic E-state index is 0.00506. The number of nitrogens with one attached hydrogen (secondary N) is 2. The van der Waals surface area contributed by atoms with E-state index < -0.39 is 31.1 Å². The Morgan fingerprint density at radius 2 is 1.75 bits per heavy atom. The van der Waals surface area contributed by atoms with Crippen molar-refractivity contribution in [1.82, 2.24) is 10.6 Å². The fourth-order valence-electron chi connectivity index (χ4n) is 1.87. The number of hydrogen-bond donors (Lipinski definition) is 2. The zero-order valence-electron chi connectivity index (χ0n) is 11.4. The highest BCUT2D eigenvalue weighted by molar-refractivity contribution is 4.89. The lowest BCUT2D eigenvalue weighted by Crippen LogP contribution is -2.43. The van der Waals surface area contributed by atoms with E-state index in [4.69, 9.17) is 0 Å². The van der Waals surface area contributed by atoms with Crippen LogP contribution in [0.25, 0.3) is 0 Å². The molecule has 3 nitrogen and oxygen atoms in total. The Morgan fingerprint density at radius 3 is 2.25 bits per heavy atom. The molecule has 1 saturated heterocycles. The van der Waals surface area contributed by atoms with E-state index >= 15 is 0 Å². The molecule has 2 unspecified atom stereocenters. The van der Waals surface area contributed by atoms with E-state index in [2.05, 4.69) is 15.4 Å². The summed E-state index contributed by atoms with van der Waals surface area (Å²) in [4.78, 5) is 0. The second-order valence-corrected chi connectivity index (χ2v) is 4.00. The number of rotatable bonds is 5. The molecule has 0 saturated carbocycles. The van der Waals surface area contributed by atoms with E-state index in [0.717, 1.165) is 0 Å². The third kappa shape index (κ3) is 7.91. The van der Waals surface area contributed by atoms with Gasteiger partial charge in [-0.3, -0.25) is 4.74 Å². The minimum atomic E-state index is -4.71. The second-order valence-electron chi connectivity index (χ2n) is 4.00. The third-order valence-corrected chi connectivity index (χ3v) is 2.68. The molecule has 1 aliphatic heterocycles. The van der Waals surface area contributed by atoms with Crippen LogP contribution in [0.1, 0.15) is 20.3 Å². The molecule has 1 rings (SSSR count). The predicted molar refractivity (Wildman–Crippen MR) is 62.2 cm³/mol. The maximum absolute atomic E-state index is 12.5. The largest absolute Gasteiger partial charge is 0.522 e. The molecular weight excluding hydrogens is 290 g/mol. The summed E-state index contributed by atoms with van der Waals surface area (Å²) in [6, 6.07) is -0.795. The average molecular weight is 310 g/mol. The third-order valence-electron chi connectivity index (χ3n) is 2.68. The van der Waals surface area contributed by atoms with Crippen molar-refractivity contribution in [2.45, 2.75) is 38.8 Å². The van der Waals surface area contributed by atoms with Crippen LogP contribution in [0.2, 0.25) is 0 Å². The SMILES string of the molecule is CC.FC(F)(F)OCCNCC1NCCC1C(F)(F)F. The Balaban J connectivity index is 0.00000172. The van der Waals surface area contributed by atoms with Crippen molar-refractivity contribution in [2.75, 3.05) is 26.2 Å². The summed E-state index contributed by atoms with van der Waals surface area (Å²) in [5, 5.41) is 5.19. The second kappa shape index (κ2) is 8.68. The van der Waals surface area contributed by atoms with Gasteiger partial charge in [-0.2, -0.15) is 13.2 Å². The smallest absolute Gasteiger partial charge is 0.313 e. The van der Waals surface area contributed by atoms with Crippen LogP contribution in [0.15, 0.2) is 0 Å². The lowest BCUT2D eigenvalue weighted by Gasteiger charge is -2.22. The fraction of sp³-hybridized carbons (Fsp3) is 1.00. The molecule has 0 amide bonds. The molecule has 0 aromatic carbocycles. The molecule has 2 N–H and O–H groups in total. The van der Waals surface area contributed by atoms with Gasteiger partial charge in [0.25, 0.3) is 0 Å². The maximum Gasteiger partial charge on any atom is 0.522 e. The zero-order valence-corrected chi connectivity index (χ0v) is 11.4. The molecule has 1 fully saturated rings. The van der Waals surface area contributed by atoms with Crippen molar-refractivity contribution in [2.24, 2.45) is 5.92 Å². The lowest BCUT2D eigenvalue weighted by molar-refractivity contribution is -0.323. The van der Waals surface area contributed by atoms with Crippen LogP contribution in [0.4, 0.5) is 26.3 Å². The van der Waals surface area contributed by atoms with Crippen molar-refractivity contribution < 1.29 is 31.1 Å². The van der Waals surface area contributed by atoms with Crippen molar-refractivity contribution in [3.8, 4) is 0 Å². The first-order chi connectivity index (χ1) is 9.20. The first-order valence-corrected chi connectivity index (χ1v) is 6.41. The number of ether oxygens (including phenoxy) is 1. The lowest BCUT2D eigenvalue weighted by atomic mass is 10.0. The predicted octanol–water partition coefficient (Wildman–Crippen LogP) is 2.68. The normalized spacial score (nSPS) is 23.4. The summed E-state index contributed by atoms with van der Waals surface area (Å²) in [6.45, 7) is 3.45. The summed E-state index contributed by atoms with van der Waals surface area (Å²) >= 11 is 0. The van der Waals surface area contributed by atoms with Gasteiger partial charge in [0.05, 0.1) is 12.5 Å². The standard InChI is InChI=1S/C9H14F6N2O.C2H6/c10-8(11,12)6-1-2-17-7(6)5-16-3-4-18-9(13,14)15;1-2/h6-7,16-17H,1-5H2;1-2H3. The van der Waals surface area contributed by atoms with E-state index in [1.807, 2.05) is 13.8 Å². The Kier molecular flexibility index (Phi) is 8.45. The fourth-order valence-corrected chi connectivity index (χ4v) is 1.87. The van der Waals surface area contributed by atoms with Crippen LogP contribution in [-0.2, 0) is 4.74 Å². The molecule has 0 bridgehead atoms. The van der Waals surface area contributed by atoms with Gasteiger partial charge in [0.1, 0.15) is 0 Å². The van der Waals surface area contributed by atoms with Crippen LogP contribution < -0.4 is 10.6 Å². The maximum atomic E-state index is 12.5. The highest BCUT2D eigenvalue weighted by Gasteiger charge is 2.46. The van der Waals surface area contributed by atoms with Crippen molar-refractivity contribution >= 4 is 0 Å². The van der Waals surface area contributed by atoms with Crippen LogP contribution in [0.5, 0.6) is 0 Å². The number of hydrogen-bond acceptors (Lipinski definition) is 3. The van der Waals surface area contributed by atoms with Gasteiger partial charge < -0.3 is 10.6 Å². The van der Waals surface area contributed by atoms with Crippen molar-refractivity contribution in [3.63, 3.8) is 0 Å². The van der Waals surface area contributed by atoms with Gasteiger partial charge in [0, 0.05) is 19.1 Å². The Bertz CT molecular complexity index is 256. The number of halogens is 6. The topological polar surface area (TPSA) is 33.3 Å². The van der Waals surface area contributed by atoms with Gasteiger partial charge in [-0.15, -0.1) is 13.2 Å². The van der Waals surface area contributed by atoms with Crippen LogP contribution in [-0.4, -0.2) is 44.8 Å². The average Bonchev–Trinajstić information content (AvgIpc) is 2.78. The van der Waals surface area contributed by atoms with Gasteiger partial charge >= 0.3 is 12.5 Å². The van der Waals surface area contributed by atoms with Gasteiger partial charge in [0.15, 0.2) is 0 Å². The van der Waals surface area contributed by atoms with E-state index in [9.17, 15) is 26.3 Å². The van der Waals surface area contributed by atoms with E-state index in [-0.39, 0.29) is 26.1 Å². The number of alkyl halides is 6. The van der Waals surface area contributed by atoms with E-state index in [1.165, 1.54) is 0 Å². The molecule has 122 valence electrons. The summed E-state index contributed by atoms with van der Waals surface area (Å²) < 4.78 is 75.8. The van der Waals surface area contributed by atoms with E-state index in [1.54, 1.807) is 0 Å². The summed E-state index contributed by atoms with van der Waals surface area (Å²) in [6.07, 6.45) is -8.99. The van der Waals surface area contributed by atoms with Gasteiger partial charge in [-0.25, -0.2) is 0 Å². The van der Waals surface area contributed by atoms with Gasteiger partial charge in [0.2, 0.25) is 0 Å². The molecule has 0 spiro atoms. The zero-order chi connectivity index (χ0) is 15.8. The summed E-state index contributed by atoms with van der Waals surface area (Å²) in [5.41, 5.74) is 0. The Morgan fingerprint density at radius 1 is 1.15 bits per heavy atom. The van der Waals surface area contributed by atoms with E-state index in [0.29, 0.717) is 0 Å². The molecule has 1 heterocycles. The Labute approximate surface area is 114 Å². The van der Waals surface area contributed by atoms with Crippen LogP contribution >= 0.6 is 0 Å². The molecule has 0 aliphatic carbocycles. The first-order valence-electron chi connectivity index (χ1n) is 6.41. The summed E-state index contributed by atoms with van der Waals surface area (Å²) in [7, 11) is 0. The molecule has 9 heteroatoms. The Hall–Kier alpha value is -0.540. The van der Waals surface area contributed by atoms with Crippen LogP contribution in [0.3, 0.4) is 0 Å². The minimum Gasteiger partial charge on any atom is -0.313 e. The molecule has 0 aromatic heterocycles. The van der Waals surface area contributed by atoms with Crippen LogP contribution in [0, 0.1) is 5.92 Å². The molecular formula is C11H20F6N2O. The highest BCUT2D eigenvalue weighted by atomic mass is 19.4. The first kappa shape index (κ1) is 19.5. The van der Waals surface area contributed by atoms with Crippen molar-refractivity contribution in [1.29, 1.82) is 0 Å². The van der Waals surface area contributed by atoms with Crippen molar-refractivity contribution in [3.05, 3.63) is 0 Å².